The van der Waals surface area contributed by atoms with E-state index in [1.54, 1.807) is 12.1 Å². The van der Waals surface area contributed by atoms with Crippen molar-refractivity contribution in [2.45, 2.75) is 12.3 Å². The number of esters is 1. The van der Waals surface area contributed by atoms with Gasteiger partial charge in [0.05, 0.1) is 12.0 Å². The van der Waals surface area contributed by atoms with Crippen LogP contribution in [0.1, 0.15) is 17.9 Å². The number of nitro groups is 1. The molecule has 6 nitrogen and oxygen atoms in total. The molecule has 1 aromatic rings. The van der Waals surface area contributed by atoms with Crippen LogP contribution in [-0.2, 0) is 14.3 Å². The van der Waals surface area contributed by atoms with Crippen molar-refractivity contribution >= 4 is 17.4 Å². The highest BCUT2D eigenvalue weighted by atomic mass is 16.6. The third-order valence-corrected chi connectivity index (χ3v) is 3.02. The van der Waals surface area contributed by atoms with Gasteiger partial charge in [-0.3, -0.25) is 14.9 Å². The number of nitro benzene ring substituents is 1. The van der Waals surface area contributed by atoms with E-state index in [1.165, 1.54) is 12.1 Å². The number of carbonyl (C=O) groups excluding carboxylic acids is 2. The average Bonchev–Trinajstić information content (AvgIpc) is 3.17. The Morgan fingerprint density at radius 1 is 1.44 bits per heavy atom. The lowest BCUT2D eigenvalue weighted by molar-refractivity contribution is -0.384. The van der Waals surface area contributed by atoms with Gasteiger partial charge in [0, 0.05) is 18.1 Å². The average molecular weight is 249 g/mol. The minimum atomic E-state index is -0.854. The lowest BCUT2D eigenvalue weighted by atomic mass is 10.1. The normalized spacial score (nSPS) is 21.2. The zero-order chi connectivity index (χ0) is 13.3. The molecule has 0 aromatic heterocycles. The quantitative estimate of drug-likeness (QED) is 0.349. The molecule has 0 N–H and O–H groups in total. The highest BCUT2D eigenvalue weighted by Crippen LogP contribution is 2.48. The summed E-state index contributed by atoms with van der Waals surface area (Å²) in [5.74, 6) is -1.93. The first-order valence-electron chi connectivity index (χ1n) is 5.41. The molecule has 0 aliphatic heterocycles. The van der Waals surface area contributed by atoms with E-state index in [0.717, 1.165) is 7.11 Å². The largest absolute Gasteiger partial charge is 0.463 e. The SMILES string of the molecule is COC(=O)C(=O)C1C[C@H]1c1cccc([N+](=O)[O-])c1. The van der Waals surface area contributed by atoms with E-state index in [1.807, 2.05) is 0 Å². The van der Waals surface area contributed by atoms with Crippen LogP contribution in [0.15, 0.2) is 24.3 Å². The summed E-state index contributed by atoms with van der Waals surface area (Å²) in [6, 6.07) is 6.13. The molecule has 2 rings (SSSR count). The van der Waals surface area contributed by atoms with E-state index in [0.29, 0.717) is 12.0 Å². The number of non-ortho nitro benzene ring substituents is 1. The van der Waals surface area contributed by atoms with Crippen LogP contribution in [-0.4, -0.2) is 23.8 Å². The van der Waals surface area contributed by atoms with E-state index in [9.17, 15) is 19.7 Å². The molecule has 0 radical (unpaired) electrons. The minimum absolute atomic E-state index is 0.0105. The summed E-state index contributed by atoms with van der Waals surface area (Å²) < 4.78 is 4.36. The van der Waals surface area contributed by atoms with Crippen LogP contribution in [0.3, 0.4) is 0 Å². The standard InChI is InChI=1S/C12H11NO5/c1-18-12(15)11(14)10-6-9(10)7-3-2-4-8(5-7)13(16)17/h2-5,9-10H,6H2,1H3/t9-,10?/m0/s1. The van der Waals surface area contributed by atoms with Crippen LogP contribution in [0.25, 0.3) is 0 Å². The predicted octanol–water partition coefficient (Wildman–Crippen LogP) is 1.44. The first-order chi connectivity index (χ1) is 8.54. The molecule has 1 aromatic carbocycles. The molecule has 1 saturated carbocycles. The highest BCUT2D eigenvalue weighted by molar-refractivity contribution is 6.35. The third-order valence-electron chi connectivity index (χ3n) is 3.02. The van der Waals surface area contributed by atoms with Gasteiger partial charge in [-0.15, -0.1) is 0 Å². The summed E-state index contributed by atoms with van der Waals surface area (Å²) in [5.41, 5.74) is 0.704. The first-order valence-corrected chi connectivity index (χ1v) is 5.41. The number of ether oxygens (including phenoxy) is 1. The molecule has 1 fully saturated rings. The smallest absolute Gasteiger partial charge is 0.374 e. The van der Waals surface area contributed by atoms with Gasteiger partial charge in [0.2, 0.25) is 5.78 Å². The van der Waals surface area contributed by atoms with Gasteiger partial charge in [-0.25, -0.2) is 4.79 Å². The van der Waals surface area contributed by atoms with Crippen molar-refractivity contribution < 1.29 is 19.2 Å². The van der Waals surface area contributed by atoms with Crippen molar-refractivity contribution in [3.05, 3.63) is 39.9 Å². The predicted molar refractivity (Wildman–Crippen MR) is 61.0 cm³/mol. The Hall–Kier alpha value is -2.24. The Balaban J connectivity index is 2.12. The summed E-state index contributed by atoms with van der Waals surface area (Å²) in [6.45, 7) is 0. The van der Waals surface area contributed by atoms with Gasteiger partial charge in [-0.2, -0.15) is 0 Å². The Bertz CT molecular complexity index is 525. The van der Waals surface area contributed by atoms with Gasteiger partial charge >= 0.3 is 5.97 Å². The number of hydrogen-bond donors (Lipinski definition) is 0. The number of methoxy groups -OCH3 is 1. The van der Waals surface area contributed by atoms with E-state index < -0.39 is 22.6 Å². The zero-order valence-corrected chi connectivity index (χ0v) is 9.66. The maximum absolute atomic E-state index is 11.5. The molecule has 0 saturated heterocycles. The van der Waals surface area contributed by atoms with Crippen molar-refractivity contribution in [3.63, 3.8) is 0 Å². The molecule has 94 valence electrons. The fourth-order valence-corrected chi connectivity index (χ4v) is 1.97. The van der Waals surface area contributed by atoms with Crippen molar-refractivity contribution in [2.75, 3.05) is 7.11 Å². The second-order valence-corrected chi connectivity index (χ2v) is 4.16. The van der Waals surface area contributed by atoms with Crippen molar-refractivity contribution in [2.24, 2.45) is 5.92 Å². The van der Waals surface area contributed by atoms with E-state index in [-0.39, 0.29) is 11.6 Å². The molecule has 0 heterocycles. The fraction of sp³-hybridized carbons (Fsp3) is 0.333. The first kappa shape index (κ1) is 12.2. The van der Waals surface area contributed by atoms with Gasteiger partial charge in [0.1, 0.15) is 0 Å². The summed E-state index contributed by atoms with van der Waals surface area (Å²) in [7, 11) is 1.16. The van der Waals surface area contributed by atoms with Crippen LogP contribution in [0.4, 0.5) is 5.69 Å². The monoisotopic (exact) mass is 249 g/mol. The lowest BCUT2D eigenvalue weighted by Gasteiger charge is -2.00. The number of ketones is 1. The molecule has 0 bridgehead atoms. The molecule has 2 atom stereocenters. The molecular weight excluding hydrogens is 238 g/mol. The zero-order valence-electron chi connectivity index (χ0n) is 9.66. The second-order valence-electron chi connectivity index (χ2n) is 4.16. The van der Waals surface area contributed by atoms with Gasteiger partial charge in [-0.1, -0.05) is 12.1 Å². The Morgan fingerprint density at radius 2 is 2.17 bits per heavy atom. The van der Waals surface area contributed by atoms with Gasteiger partial charge in [-0.05, 0) is 17.9 Å². The third kappa shape index (κ3) is 2.22. The topological polar surface area (TPSA) is 86.5 Å². The molecule has 0 spiro atoms. The van der Waals surface area contributed by atoms with Crippen LogP contribution in [0, 0.1) is 16.0 Å². The maximum atomic E-state index is 11.5. The maximum Gasteiger partial charge on any atom is 0.374 e. The summed E-state index contributed by atoms with van der Waals surface area (Å²) in [4.78, 5) is 32.7. The van der Waals surface area contributed by atoms with E-state index in [2.05, 4.69) is 4.74 Å². The number of Topliss-reactive ketones (excluding diaryl/α,β-unsaturated/α-hetero) is 1. The van der Waals surface area contributed by atoms with Crippen molar-refractivity contribution in [1.82, 2.24) is 0 Å². The van der Waals surface area contributed by atoms with Crippen molar-refractivity contribution in [3.8, 4) is 0 Å². The number of hydrogen-bond acceptors (Lipinski definition) is 5. The van der Waals surface area contributed by atoms with Crippen LogP contribution in [0.5, 0.6) is 0 Å². The fourth-order valence-electron chi connectivity index (χ4n) is 1.97. The lowest BCUT2D eigenvalue weighted by Crippen LogP contribution is -2.17. The Morgan fingerprint density at radius 3 is 2.78 bits per heavy atom. The number of carbonyl (C=O) groups is 2. The Labute approximate surface area is 103 Å². The molecule has 1 unspecified atom stereocenters. The second kappa shape index (κ2) is 4.56. The summed E-state index contributed by atoms with van der Waals surface area (Å²) in [5, 5.41) is 10.6. The minimum Gasteiger partial charge on any atom is -0.463 e. The van der Waals surface area contributed by atoms with Crippen LogP contribution < -0.4 is 0 Å². The number of nitrogens with zero attached hydrogens (tertiary/aromatic N) is 1. The van der Waals surface area contributed by atoms with Crippen LogP contribution in [0.2, 0.25) is 0 Å². The van der Waals surface area contributed by atoms with E-state index in [4.69, 9.17) is 0 Å². The van der Waals surface area contributed by atoms with Gasteiger partial charge in [0.25, 0.3) is 5.69 Å². The van der Waals surface area contributed by atoms with Crippen molar-refractivity contribution in [1.29, 1.82) is 0 Å². The molecular formula is C12H11NO5. The summed E-state index contributed by atoms with van der Waals surface area (Å²) >= 11 is 0. The Kier molecular flexibility index (Phi) is 3.10. The summed E-state index contributed by atoms with van der Waals surface area (Å²) in [6.07, 6.45) is 0.537. The van der Waals surface area contributed by atoms with Crippen LogP contribution >= 0.6 is 0 Å². The molecule has 1 aliphatic carbocycles. The number of rotatable bonds is 4. The highest BCUT2D eigenvalue weighted by Gasteiger charge is 2.47. The van der Waals surface area contributed by atoms with Gasteiger partial charge in [0.15, 0.2) is 0 Å². The molecule has 18 heavy (non-hydrogen) atoms. The molecule has 6 heteroatoms. The number of benzene rings is 1. The van der Waals surface area contributed by atoms with Gasteiger partial charge < -0.3 is 4.74 Å². The van der Waals surface area contributed by atoms with E-state index >= 15 is 0 Å². The molecule has 1 aliphatic rings. The molecule has 0 amide bonds.